The second-order valence-corrected chi connectivity index (χ2v) is 2.97. The van der Waals surface area contributed by atoms with E-state index in [1.165, 1.54) is 0 Å². The minimum atomic E-state index is -0.285. The lowest BCUT2D eigenvalue weighted by Gasteiger charge is -2.05. The molecular weight excluding hydrogens is 204 g/mol. The predicted molar refractivity (Wildman–Crippen MR) is 62.7 cm³/mol. The molecule has 2 aliphatic heterocycles. The monoisotopic (exact) mass is 214 g/mol. The van der Waals surface area contributed by atoms with E-state index in [4.69, 9.17) is 0 Å². The van der Waals surface area contributed by atoms with Gasteiger partial charge in [0.15, 0.2) is 11.7 Å². The number of ketones is 1. The smallest absolute Gasteiger partial charge is 0.263 e. The molecule has 0 amide bonds. The highest BCUT2D eigenvalue weighted by atomic mass is 16.1. The number of Topliss-reactive ketones (excluding diaryl/α,β-unsaturated/α-hetero) is 1. The first kappa shape index (κ1) is 10.1. The highest BCUT2D eigenvalue weighted by molar-refractivity contribution is 6.65. The summed E-state index contributed by atoms with van der Waals surface area (Å²) >= 11 is 0. The summed E-state index contributed by atoms with van der Waals surface area (Å²) in [6, 6.07) is 0. The van der Waals surface area contributed by atoms with Crippen molar-refractivity contribution in [3.63, 3.8) is 0 Å². The van der Waals surface area contributed by atoms with Crippen LogP contribution in [0, 0.1) is 0 Å². The van der Waals surface area contributed by atoms with Crippen molar-refractivity contribution in [2.45, 2.75) is 0 Å². The number of amidine groups is 2. The molecule has 5 nitrogen and oxygen atoms in total. The second kappa shape index (κ2) is 4.88. The van der Waals surface area contributed by atoms with Gasteiger partial charge in [-0.3, -0.25) is 4.79 Å². The van der Waals surface area contributed by atoms with Crippen molar-refractivity contribution < 1.29 is 4.79 Å². The van der Waals surface area contributed by atoms with Crippen LogP contribution in [0.3, 0.4) is 0 Å². The number of hydrogen-bond donors (Lipinski definition) is 2. The molecule has 16 heavy (non-hydrogen) atoms. The quantitative estimate of drug-likeness (QED) is 0.708. The molecule has 0 aliphatic carbocycles. The van der Waals surface area contributed by atoms with Gasteiger partial charge in [0.05, 0.1) is 0 Å². The summed E-state index contributed by atoms with van der Waals surface area (Å²) in [6.45, 7) is 0. The van der Waals surface area contributed by atoms with E-state index in [0.29, 0.717) is 0 Å². The summed E-state index contributed by atoms with van der Waals surface area (Å²) in [5.41, 5.74) is 0. The Hall–Kier alpha value is -2.43. The van der Waals surface area contributed by atoms with Crippen LogP contribution in [-0.2, 0) is 4.79 Å². The lowest BCUT2D eigenvalue weighted by molar-refractivity contribution is -0.107. The van der Waals surface area contributed by atoms with Crippen LogP contribution in [0.4, 0.5) is 0 Å². The van der Waals surface area contributed by atoms with Gasteiger partial charge in [0, 0.05) is 24.8 Å². The largest absolute Gasteiger partial charge is 0.343 e. The van der Waals surface area contributed by atoms with Gasteiger partial charge in [-0.05, 0) is 24.3 Å². The lowest BCUT2D eigenvalue weighted by atomic mass is 10.3. The third kappa shape index (κ3) is 2.33. The summed E-state index contributed by atoms with van der Waals surface area (Å²) in [7, 11) is 0. The number of carbonyl (C=O) groups excluding carboxylic acids is 1. The van der Waals surface area contributed by atoms with E-state index >= 15 is 0 Å². The van der Waals surface area contributed by atoms with Crippen molar-refractivity contribution in [2.24, 2.45) is 9.98 Å². The molecule has 2 aliphatic rings. The fourth-order valence-corrected chi connectivity index (χ4v) is 1.13. The number of allylic oxidation sites excluding steroid dienone is 4. The average molecular weight is 214 g/mol. The Morgan fingerprint density at radius 3 is 1.88 bits per heavy atom. The van der Waals surface area contributed by atoms with Gasteiger partial charge in [0.2, 0.25) is 0 Å². The van der Waals surface area contributed by atoms with Gasteiger partial charge >= 0.3 is 0 Å². The molecule has 0 spiro atoms. The van der Waals surface area contributed by atoms with Gasteiger partial charge in [-0.25, -0.2) is 9.98 Å². The van der Waals surface area contributed by atoms with Crippen molar-refractivity contribution >= 4 is 17.5 Å². The van der Waals surface area contributed by atoms with Gasteiger partial charge in [0.25, 0.3) is 5.78 Å². The van der Waals surface area contributed by atoms with E-state index < -0.39 is 0 Å². The van der Waals surface area contributed by atoms with Crippen molar-refractivity contribution in [3.8, 4) is 0 Å². The van der Waals surface area contributed by atoms with Crippen LogP contribution in [0.15, 0.2) is 59.1 Å². The zero-order chi connectivity index (χ0) is 11.2. The van der Waals surface area contributed by atoms with Crippen LogP contribution in [0.5, 0.6) is 0 Å². The molecule has 80 valence electrons. The Kier molecular flexibility index (Phi) is 3.08. The Morgan fingerprint density at radius 2 is 1.38 bits per heavy atom. The molecule has 2 N–H and O–H groups in total. The predicted octanol–water partition coefficient (Wildman–Crippen LogP) is 0.614. The highest BCUT2D eigenvalue weighted by Gasteiger charge is 2.17. The molecule has 0 bridgehead atoms. The molecule has 0 saturated heterocycles. The molecule has 0 atom stereocenters. The molecule has 0 fully saturated rings. The van der Waals surface area contributed by atoms with Crippen LogP contribution in [-0.4, -0.2) is 17.5 Å². The van der Waals surface area contributed by atoms with E-state index in [0.717, 1.165) is 0 Å². The van der Waals surface area contributed by atoms with Crippen LogP contribution in [0.1, 0.15) is 0 Å². The second-order valence-electron chi connectivity index (χ2n) is 2.97. The van der Waals surface area contributed by atoms with Crippen LogP contribution in [0.2, 0.25) is 0 Å². The van der Waals surface area contributed by atoms with Crippen LogP contribution < -0.4 is 10.6 Å². The number of aliphatic imine (C=N–C) groups is 2. The third-order valence-electron chi connectivity index (χ3n) is 1.86. The van der Waals surface area contributed by atoms with Crippen LogP contribution >= 0.6 is 0 Å². The maximum absolute atomic E-state index is 11.9. The summed E-state index contributed by atoms with van der Waals surface area (Å²) < 4.78 is 0. The minimum Gasteiger partial charge on any atom is -0.343 e. The topological polar surface area (TPSA) is 65.8 Å². The molecule has 2 rings (SSSR count). The van der Waals surface area contributed by atoms with E-state index in [1.54, 1.807) is 49.1 Å². The van der Waals surface area contributed by atoms with Crippen molar-refractivity contribution in [1.29, 1.82) is 0 Å². The summed E-state index contributed by atoms with van der Waals surface area (Å²) in [5.74, 6) is 0.187. The van der Waals surface area contributed by atoms with E-state index in [2.05, 4.69) is 20.6 Å². The van der Waals surface area contributed by atoms with Gasteiger partial charge in [-0.2, -0.15) is 0 Å². The number of hydrogen-bond acceptors (Lipinski definition) is 5. The first-order chi connectivity index (χ1) is 7.88. The maximum atomic E-state index is 11.9. The molecule has 5 heteroatoms. The van der Waals surface area contributed by atoms with E-state index in [9.17, 15) is 4.79 Å². The first-order valence-electron chi connectivity index (χ1n) is 4.75. The lowest BCUT2D eigenvalue weighted by Crippen LogP contribution is -2.38. The Bertz CT molecular complexity index is 424. The molecular formula is C11H10N4O. The maximum Gasteiger partial charge on any atom is 0.263 e. The minimum absolute atomic E-state index is 0.236. The average Bonchev–Trinajstić information content (AvgIpc) is 2.73. The SMILES string of the molecule is O=C(C1=NC=CC=CN1)C1=NC=CC=CN1. The molecule has 0 radical (unpaired) electrons. The van der Waals surface area contributed by atoms with Gasteiger partial charge < -0.3 is 10.6 Å². The van der Waals surface area contributed by atoms with E-state index in [-0.39, 0.29) is 17.5 Å². The molecule has 0 aromatic rings. The van der Waals surface area contributed by atoms with Gasteiger partial charge in [-0.1, -0.05) is 0 Å². The zero-order valence-electron chi connectivity index (χ0n) is 8.42. The summed E-state index contributed by atoms with van der Waals surface area (Å²) in [6.07, 6.45) is 13.4. The van der Waals surface area contributed by atoms with E-state index in [1.807, 2.05) is 0 Å². The standard InChI is InChI=1S/C11H10N4O/c16-9(10-12-5-1-2-6-13-10)11-14-7-3-4-8-15-11/h1-8H,(H,12,13)(H,14,15). The number of carbonyl (C=O) groups is 1. The molecule has 0 aromatic carbocycles. The van der Waals surface area contributed by atoms with Gasteiger partial charge in [0.1, 0.15) is 0 Å². The number of nitrogens with zero attached hydrogens (tertiary/aromatic N) is 2. The van der Waals surface area contributed by atoms with Crippen molar-refractivity contribution in [1.82, 2.24) is 10.6 Å². The molecule has 0 aromatic heterocycles. The first-order valence-corrected chi connectivity index (χ1v) is 4.75. The Labute approximate surface area is 92.7 Å². The van der Waals surface area contributed by atoms with Crippen LogP contribution in [0.25, 0.3) is 0 Å². The Balaban J connectivity index is 2.19. The summed E-state index contributed by atoms with van der Waals surface area (Å²) in [5, 5.41) is 5.57. The fourth-order valence-electron chi connectivity index (χ4n) is 1.13. The van der Waals surface area contributed by atoms with Gasteiger partial charge in [-0.15, -0.1) is 0 Å². The third-order valence-corrected chi connectivity index (χ3v) is 1.86. The molecule has 0 unspecified atom stereocenters. The summed E-state index contributed by atoms with van der Waals surface area (Å²) in [4.78, 5) is 19.9. The van der Waals surface area contributed by atoms with Crippen molar-refractivity contribution in [3.05, 3.63) is 49.1 Å². The molecule has 0 saturated carbocycles. The fraction of sp³-hybridized carbons (Fsp3) is 0. The normalized spacial score (nSPS) is 17.8. The number of nitrogens with one attached hydrogen (secondary N) is 2. The zero-order valence-corrected chi connectivity index (χ0v) is 8.42. The molecule has 2 heterocycles. The number of rotatable bonds is 2. The highest BCUT2D eigenvalue weighted by Crippen LogP contribution is 1.93. The Morgan fingerprint density at radius 1 is 0.875 bits per heavy atom. The van der Waals surface area contributed by atoms with Crippen molar-refractivity contribution in [2.75, 3.05) is 0 Å².